The van der Waals surface area contributed by atoms with Crippen molar-refractivity contribution >= 4 is 11.9 Å². The minimum atomic E-state index is -0.462. The van der Waals surface area contributed by atoms with E-state index >= 15 is 0 Å². The van der Waals surface area contributed by atoms with Crippen LogP contribution in [0.25, 0.3) is 0 Å². The fourth-order valence-electron chi connectivity index (χ4n) is 2.73. The van der Waals surface area contributed by atoms with E-state index in [1.54, 1.807) is 0 Å². The Morgan fingerprint density at radius 3 is 2.00 bits per heavy atom. The number of carbonyl (C=O) groups is 2. The minimum Gasteiger partial charge on any atom is -0.462 e. The zero-order chi connectivity index (χ0) is 20.6. The highest BCUT2D eigenvalue weighted by Gasteiger charge is 2.11. The number of unbranched alkanes of at least 4 members (excludes halogenated alkanes) is 8. The molecule has 0 amide bonds. The van der Waals surface area contributed by atoms with E-state index in [0.717, 1.165) is 64.1 Å². The first-order valence-electron chi connectivity index (χ1n) is 10.5. The van der Waals surface area contributed by atoms with Crippen molar-refractivity contribution in [2.75, 3.05) is 0 Å². The van der Waals surface area contributed by atoms with Gasteiger partial charge in [-0.25, -0.2) is 0 Å². The predicted molar refractivity (Wildman–Crippen MR) is 107 cm³/mol. The molecule has 0 aliphatic heterocycles. The monoisotopic (exact) mass is 394 g/mol. The molecule has 0 atom stereocenters. The lowest BCUT2D eigenvalue weighted by Crippen LogP contribution is -2.15. The number of esters is 2. The normalized spacial score (nSPS) is 10.6. The minimum absolute atomic E-state index is 0.102. The van der Waals surface area contributed by atoms with Gasteiger partial charge in [0.25, 0.3) is 0 Å². The Balaban J connectivity index is 2.32. The van der Waals surface area contributed by atoms with Crippen LogP contribution in [0.2, 0.25) is 0 Å². The molecule has 28 heavy (non-hydrogen) atoms. The number of carbonyl (C=O) groups excluding carboxylic acids is 2. The molecule has 1 aromatic heterocycles. The summed E-state index contributed by atoms with van der Waals surface area (Å²) < 4.78 is 15.4. The molecule has 0 saturated carbocycles. The van der Waals surface area contributed by atoms with Gasteiger partial charge in [-0.2, -0.15) is 0 Å². The fraction of sp³-hybridized carbons (Fsp3) is 0.682. The van der Waals surface area contributed by atoms with Crippen molar-refractivity contribution in [1.82, 2.24) is 0 Å². The van der Waals surface area contributed by atoms with Gasteiger partial charge in [-0.05, 0) is 12.8 Å². The summed E-state index contributed by atoms with van der Waals surface area (Å²) in [6.45, 7) is 4.17. The van der Waals surface area contributed by atoms with Gasteiger partial charge in [0, 0.05) is 18.9 Å². The molecule has 0 saturated heterocycles. The molecule has 6 heteroatoms. The first-order chi connectivity index (χ1) is 13.6. The van der Waals surface area contributed by atoms with E-state index < -0.39 is 11.4 Å². The number of hydrogen-bond acceptors (Lipinski definition) is 6. The van der Waals surface area contributed by atoms with Gasteiger partial charge in [-0.3, -0.25) is 14.4 Å². The molecule has 0 N–H and O–H groups in total. The van der Waals surface area contributed by atoms with E-state index in [2.05, 4.69) is 13.8 Å². The second-order valence-electron chi connectivity index (χ2n) is 7.04. The summed E-state index contributed by atoms with van der Waals surface area (Å²) in [6.07, 6.45) is 12.1. The third-order valence-corrected chi connectivity index (χ3v) is 4.42. The molecule has 1 aromatic rings. The third kappa shape index (κ3) is 10.9. The summed E-state index contributed by atoms with van der Waals surface area (Å²) in [5.41, 5.74) is -0.462. The van der Waals surface area contributed by atoms with Gasteiger partial charge in [-0.15, -0.1) is 0 Å². The number of ether oxygens (including phenoxy) is 2. The molecule has 0 aliphatic carbocycles. The molecule has 1 rings (SSSR count). The first kappa shape index (κ1) is 23.9. The molecule has 0 aromatic carbocycles. The van der Waals surface area contributed by atoms with Crippen molar-refractivity contribution < 1.29 is 23.5 Å². The van der Waals surface area contributed by atoms with E-state index in [0.29, 0.717) is 6.42 Å². The second-order valence-corrected chi connectivity index (χ2v) is 7.04. The van der Waals surface area contributed by atoms with Crippen LogP contribution < -0.4 is 10.2 Å². The van der Waals surface area contributed by atoms with Crippen molar-refractivity contribution in [3.8, 4) is 5.75 Å². The smallest absolute Gasteiger partial charge is 0.311 e. The first-order valence-corrected chi connectivity index (χ1v) is 10.5. The fourth-order valence-corrected chi connectivity index (χ4v) is 2.73. The van der Waals surface area contributed by atoms with E-state index in [-0.39, 0.29) is 30.5 Å². The van der Waals surface area contributed by atoms with Crippen LogP contribution in [0.5, 0.6) is 5.75 Å². The Morgan fingerprint density at radius 1 is 0.857 bits per heavy atom. The Kier molecular flexibility index (Phi) is 12.7. The summed E-state index contributed by atoms with van der Waals surface area (Å²) in [4.78, 5) is 35.5. The summed E-state index contributed by atoms with van der Waals surface area (Å²) in [6, 6.07) is 1.19. The number of hydrogen-bond donors (Lipinski definition) is 0. The van der Waals surface area contributed by atoms with Crippen molar-refractivity contribution in [2.24, 2.45) is 0 Å². The summed E-state index contributed by atoms with van der Waals surface area (Å²) >= 11 is 0. The highest BCUT2D eigenvalue weighted by atomic mass is 16.6. The van der Waals surface area contributed by atoms with Gasteiger partial charge in [-0.1, -0.05) is 65.2 Å². The molecular formula is C22H34O6. The van der Waals surface area contributed by atoms with Gasteiger partial charge in [0.2, 0.25) is 11.2 Å². The zero-order valence-electron chi connectivity index (χ0n) is 17.3. The van der Waals surface area contributed by atoms with Crippen LogP contribution in [-0.2, 0) is 20.9 Å². The van der Waals surface area contributed by atoms with E-state index in [4.69, 9.17) is 13.9 Å². The molecule has 0 bridgehead atoms. The van der Waals surface area contributed by atoms with Crippen molar-refractivity contribution in [1.29, 1.82) is 0 Å². The molecular weight excluding hydrogens is 360 g/mol. The van der Waals surface area contributed by atoms with E-state index in [1.165, 1.54) is 12.5 Å². The highest BCUT2D eigenvalue weighted by molar-refractivity contribution is 5.72. The maximum absolute atomic E-state index is 12.0. The molecule has 1 heterocycles. The highest BCUT2D eigenvalue weighted by Crippen LogP contribution is 2.11. The Labute approximate surface area is 167 Å². The van der Waals surface area contributed by atoms with Gasteiger partial charge >= 0.3 is 11.9 Å². The van der Waals surface area contributed by atoms with Crippen molar-refractivity contribution in [3.05, 3.63) is 28.3 Å². The van der Waals surface area contributed by atoms with Crippen LogP contribution in [0.3, 0.4) is 0 Å². The molecule has 0 aliphatic rings. The van der Waals surface area contributed by atoms with Crippen molar-refractivity contribution in [2.45, 2.75) is 97.5 Å². The van der Waals surface area contributed by atoms with Crippen LogP contribution in [-0.4, -0.2) is 11.9 Å². The largest absolute Gasteiger partial charge is 0.462 e. The van der Waals surface area contributed by atoms with Gasteiger partial charge in [0.1, 0.15) is 18.6 Å². The third-order valence-electron chi connectivity index (χ3n) is 4.42. The molecule has 0 radical (unpaired) electrons. The van der Waals surface area contributed by atoms with Crippen LogP contribution in [0.15, 0.2) is 21.5 Å². The zero-order valence-corrected chi connectivity index (χ0v) is 17.3. The Morgan fingerprint density at radius 2 is 1.43 bits per heavy atom. The molecule has 0 spiro atoms. The summed E-state index contributed by atoms with van der Waals surface area (Å²) in [7, 11) is 0. The van der Waals surface area contributed by atoms with Gasteiger partial charge in [0.15, 0.2) is 0 Å². The average Bonchev–Trinajstić information content (AvgIpc) is 2.68. The van der Waals surface area contributed by atoms with Crippen LogP contribution in [0.1, 0.15) is 96.7 Å². The lowest BCUT2D eigenvalue weighted by atomic mass is 10.1. The Hall–Kier alpha value is -2.11. The SMILES string of the molecule is CCCCCCCC(=O)OCc1cc(=O)c(OC(=O)CCCCCCC)co1. The quantitative estimate of drug-likeness (QED) is 0.296. The second kappa shape index (κ2) is 14.9. The van der Waals surface area contributed by atoms with Crippen LogP contribution >= 0.6 is 0 Å². The molecule has 6 nitrogen and oxygen atoms in total. The van der Waals surface area contributed by atoms with E-state index in [1.807, 2.05) is 0 Å². The standard InChI is InChI=1S/C22H34O6/c1-3-5-7-9-11-13-21(24)27-16-18-15-19(23)20(17-26-18)28-22(25)14-12-10-8-6-4-2/h15,17H,3-14,16H2,1-2H3. The average molecular weight is 395 g/mol. The lowest BCUT2D eigenvalue weighted by Gasteiger charge is -2.06. The lowest BCUT2D eigenvalue weighted by molar-refractivity contribution is -0.145. The van der Waals surface area contributed by atoms with Gasteiger partial charge in [0.05, 0.1) is 0 Å². The molecule has 0 fully saturated rings. The van der Waals surface area contributed by atoms with Crippen LogP contribution in [0.4, 0.5) is 0 Å². The predicted octanol–water partition coefficient (Wildman–Crippen LogP) is 5.31. The number of rotatable bonds is 15. The maximum Gasteiger partial charge on any atom is 0.311 e. The summed E-state index contributed by atoms with van der Waals surface area (Å²) in [5, 5.41) is 0. The maximum atomic E-state index is 12.0. The molecule has 158 valence electrons. The van der Waals surface area contributed by atoms with Crippen LogP contribution in [0, 0.1) is 0 Å². The molecule has 0 unspecified atom stereocenters. The van der Waals surface area contributed by atoms with Gasteiger partial charge < -0.3 is 13.9 Å². The Bertz CT molecular complexity index is 634. The van der Waals surface area contributed by atoms with Crippen molar-refractivity contribution in [3.63, 3.8) is 0 Å². The topological polar surface area (TPSA) is 82.8 Å². The summed E-state index contributed by atoms with van der Waals surface area (Å²) in [5.74, 6) is -0.656. The van der Waals surface area contributed by atoms with E-state index in [9.17, 15) is 14.4 Å².